The van der Waals surface area contributed by atoms with Gasteiger partial charge in [0.1, 0.15) is 5.69 Å². The quantitative estimate of drug-likeness (QED) is 0.265. The molecule has 2 aromatic rings. The van der Waals surface area contributed by atoms with Crippen LogP contribution in [0, 0.1) is 29.2 Å². The van der Waals surface area contributed by atoms with Crippen molar-refractivity contribution in [1.82, 2.24) is 14.8 Å². The van der Waals surface area contributed by atoms with Crippen LogP contribution in [0.15, 0.2) is 18.3 Å². The standard InChI is InChI=1S/C26H32F4N4O3/c1-3-31-25(36)21(35)6-4-5-16-7-10-34(11-8-16)12-9-17-15-33(2)24(22(17)29)26(37)32-18-13-19(27)23(30)20(28)14-18/h13-16H,3-12H2,1-2H3,(H,31,36)(H,32,37). The number of aryl methyl sites for hydroxylation is 1. The molecular formula is C26H32F4N4O3. The Kier molecular flexibility index (Phi) is 9.85. The number of rotatable bonds is 11. The summed E-state index contributed by atoms with van der Waals surface area (Å²) >= 11 is 0. The lowest BCUT2D eigenvalue weighted by Crippen LogP contribution is -2.35. The minimum Gasteiger partial charge on any atom is -0.350 e. The van der Waals surface area contributed by atoms with Crippen molar-refractivity contribution in [2.75, 3.05) is 31.5 Å². The van der Waals surface area contributed by atoms with Crippen LogP contribution in [0.4, 0.5) is 23.2 Å². The van der Waals surface area contributed by atoms with Crippen LogP contribution < -0.4 is 10.6 Å². The second-order valence-electron chi connectivity index (χ2n) is 9.35. The van der Waals surface area contributed by atoms with Gasteiger partial charge in [-0.1, -0.05) is 0 Å². The number of amides is 2. The SMILES string of the molecule is CCNC(=O)C(=O)CCCC1CCN(CCc2cn(C)c(C(=O)Nc3cc(F)c(F)c(F)c3)c2F)CC1. The molecule has 0 saturated carbocycles. The van der Waals surface area contributed by atoms with Crippen LogP contribution in [-0.4, -0.2) is 53.2 Å². The van der Waals surface area contributed by atoms with E-state index in [1.807, 2.05) is 0 Å². The molecule has 0 radical (unpaired) electrons. The molecule has 1 aromatic heterocycles. The maximum atomic E-state index is 15.0. The molecule has 2 amide bonds. The van der Waals surface area contributed by atoms with E-state index in [0.717, 1.165) is 32.4 Å². The third-order valence-corrected chi connectivity index (χ3v) is 6.66. The van der Waals surface area contributed by atoms with Crippen molar-refractivity contribution in [2.45, 2.75) is 45.4 Å². The summed E-state index contributed by atoms with van der Waals surface area (Å²) in [5, 5.41) is 4.72. The summed E-state index contributed by atoms with van der Waals surface area (Å²) in [6.07, 6.45) is 5.59. The lowest BCUT2D eigenvalue weighted by Gasteiger charge is -2.31. The molecule has 7 nitrogen and oxygen atoms in total. The lowest BCUT2D eigenvalue weighted by atomic mass is 9.91. The summed E-state index contributed by atoms with van der Waals surface area (Å²) in [5.41, 5.74) is -0.267. The van der Waals surface area contributed by atoms with E-state index in [1.54, 1.807) is 6.92 Å². The van der Waals surface area contributed by atoms with Gasteiger partial charge in [0.15, 0.2) is 23.3 Å². The number of nitrogens with zero attached hydrogens (tertiary/aromatic N) is 2. The van der Waals surface area contributed by atoms with Gasteiger partial charge >= 0.3 is 0 Å². The summed E-state index contributed by atoms with van der Waals surface area (Å²) in [6, 6.07) is 1.26. The van der Waals surface area contributed by atoms with Crippen LogP contribution in [-0.2, 0) is 23.1 Å². The molecule has 1 saturated heterocycles. The smallest absolute Gasteiger partial charge is 0.287 e. The van der Waals surface area contributed by atoms with E-state index in [-0.39, 0.29) is 23.6 Å². The highest BCUT2D eigenvalue weighted by atomic mass is 19.2. The number of ketones is 1. The third-order valence-electron chi connectivity index (χ3n) is 6.66. The van der Waals surface area contributed by atoms with Crippen LogP contribution in [0.5, 0.6) is 0 Å². The zero-order valence-corrected chi connectivity index (χ0v) is 21.0. The van der Waals surface area contributed by atoms with Gasteiger partial charge in [-0.15, -0.1) is 0 Å². The molecule has 1 aliphatic rings. The van der Waals surface area contributed by atoms with Crippen molar-refractivity contribution in [3.05, 3.63) is 52.9 Å². The van der Waals surface area contributed by atoms with Crippen LogP contribution >= 0.6 is 0 Å². The number of Topliss-reactive ketones (excluding diaryl/α,β-unsaturated/α-hetero) is 1. The van der Waals surface area contributed by atoms with Crippen molar-refractivity contribution in [3.63, 3.8) is 0 Å². The van der Waals surface area contributed by atoms with E-state index in [4.69, 9.17) is 0 Å². The molecule has 202 valence electrons. The topological polar surface area (TPSA) is 83.4 Å². The maximum absolute atomic E-state index is 15.0. The highest BCUT2D eigenvalue weighted by molar-refractivity contribution is 6.36. The average Bonchev–Trinajstić information content (AvgIpc) is 3.14. The molecule has 1 aromatic carbocycles. The van der Waals surface area contributed by atoms with Gasteiger partial charge in [0.05, 0.1) is 0 Å². The zero-order valence-electron chi connectivity index (χ0n) is 21.0. The minimum absolute atomic E-state index is 0.250. The fourth-order valence-electron chi connectivity index (χ4n) is 4.62. The second kappa shape index (κ2) is 12.8. The molecule has 0 bridgehead atoms. The van der Waals surface area contributed by atoms with Gasteiger partial charge in [0.2, 0.25) is 5.78 Å². The Morgan fingerprint density at radius 1 is 1.03 bits per heavy atom. The van der Waals surface area contributed by atoms with E-state index in [9.17, 15) is 27.6 Å². The minimum atomic E-state index is -1.65. The van der Waals surface area contributed by atoms with Crippen molar-refractivity contribution in [3.8, 4) is 0 Å². The molecule has 0 spiro atoms. The predicted molar refractivity (Wildman–Crippen MR) is 130 cm³/mol. The number of aromatic nitrogens is 1. The first-order chi connectivity index (χ1) is 17.6. The number of piperidine rings is 1. The summed E-state index contributed by atoms with van der Waals surface area (Å²) in [7, 11) is 1.50. The molecule has 2 N–H and O–H groups in total. The summed E-state index contributed by atoms with van der Waals surface area (Å²) in [4.78, 5) is 38.0. The number of likely N-dealkylation sites (tertiary alicyclic amines) is 1. The Morgan fingerprint density at radius 2 is 1.68 bits per heavy atom. The van der Waals surface area contributed by atoms with Crippen LogP contribution in [0.1, 0.15) is 55.1 Å². The largest absolute Gasteiger partial charge is 0.350 e. The molecule has 11 heteroatoms. The monoisotopic (exact) mass is 524 g/mol. The second-order valence-corrected chi connectivity index (χ2v) is 9.35. The van der Waals surface area contributed by atoms with Crippen LogP contribution in [0.2, 0.25) is 0 Å². The molecule has 37 heavy (non-hydrogen) atoms. The first kappa shape index (κ1) is 28.4. The first-order valence-corrected chi connectivity index (χ1v) is 12.4. The molecule has 0 unspecified atom stereocenters. The third kappa shape index (κ3) is 7.41. The number of halogens is 4. The fraction of sp³-hybridized carbons (Fsp3) is 0.500. The molecule has 0 atom stereocenters. The fourth-order valence-corrected chi connectivity index (χ4v) is 4.62. The zero-order chi connectivity index (χ0) is 27.1. The van der Waals surface area contributed by atoms with Gasteiger partial charge < -0.3 is 20.1 Å². The molecule has 1 aliphatic heterocycles. The molecule has 0 aliphatic carbocycles. The van der Waals surface area contributed by atoms with Crippen molar-refractivity contribution >= 4 is 23.3 Å². The van der Waals surface area contributed by atoms with E-state index in [1.165, 1.54) is 17.8 Å². The number of hydrogen-bond donors (Lipinski definition) is 2. The highest BCUT2D eigenvalue weighted by Gasteiger charge is 2.24. The highest BCUT2D eigenvalue weighted by Crippen LogP contribution is 2.24. The van der Waals surface area contributed by atoms with Crippen LogP contribution in [0.3, 0.4) is 0 Å². The first-order valence-electron chi connectivity index (χ1n) is 12.4. The van der Waals surface area contributed by atoms with E-state index in [0.29, 0.717) is 49.5 Å². The molecule has 3 rings (SSSR count). The van der Waals surface area contributed by atoms with Gasteiger partial charge in [-0.25, -0.2) is 17.6 Å². The molecule has 2 heterocycles. The Morgan fingerprint density at radius 3 is 2.30 bits per heavy atom. The Balaban J connectivity index is 1.47. The van der Waals surface area contributed by atoms with Gasteiger partial charge in [-0.05, 0) is 58.0 Å². The predicted octanol–water partition coefficient (Wildman–Crippen LogP) is 3.96. The normalized spacial score (nSPS) is 14.5. The number of anilines is 1. The number of carbonyl (C=O) groups is 3. The Hall–Kier alpha value is -3.21. The summed E-state index contributed by atoms with van der Waals surface area (Å²) < 4.78 is 56.3. The van der Waals surface area contributed by atoms with Gasteiger partial charge in [-0.2, -0.15) is 0 Å². The van der Waals surface area contributed by atoms with Crippen LogP contribution in [0.25, 0.3) is 0 Å². The Bertz CT molecular complexity index is 1120. The van der Waals surface area contributed by atoms with E-state index >= 15 is 4.39 Å². The van der Waals surface area contributed by atoms with Crippen molar-refractivity contribution in [1.29, 1.82) is 0 Å². The van der Waals surface area contributed by atoms with E-state index < -0.39 is 35.1 Å². The van der Waals surface area contributed by atoms with Gasteiger partial charge in [0.25, 0.3) is 11.8 Å². The van der Waals surface area contributed by atoms with E-state index in [2.05, 4.69) is 15.5 Å². The van der Waals surface area contributed by atoms with Gasteiger partial charge in [-0.3, -0.25) is 14.4 Å². The Labute approximate surface area is 213 Å². The molecular weight excluding hydrogens is 492 g/mol. The lowest BCUT2D eigenvalue weighted by molar-refractivity contribution is -0.137. The maximum Gasteiger partial charge on any atom is 0.287 e. The number of benzene rings is 1. The van der Waals surface area contributed by atoms with Crippen molar-refractivity contribution in [2.24, 2.45) is 13.0 Å². The summed E-state index contributed by atoms with van der Waals surface area (Å²) in [5.74, 6) is -6.61. The number of hydrogen-bond acceptors (Lipinski definition) is 4. The summed E-state index contributed by atoms with van der Waals surface area (Å²) in [6.45, 7) is 4.46. The average molecular weight is 525 g/mol. The van der Waals surface area contributed by atoms with Gasteiger partial charge in [0, 0.05) is 56.1 Å². The number of likely N-dealkylation sites (N-methyl/N-ethyl adjacent to an activating group) is 1. The number of carbonyl (C=O) groups excluding carboxylic acids is 3. The van der Waals surface area contributed by atoms with Crippen molar-refractivity contribution < 1.29 is 31.9 Å². The molecule has 1 fully saturated rings. The number of nitrogens with one attached hydrogen (secondary N) is 2.